The molecule has 1 aromatic heterocycles. The van der Waals surface area contributed by atoms with Crippen molar-refractivity contribution in [2.24, 2.45) is 0 Å². The Kier molecular flexibility index (Phi) is 3.14. The Morgan fingerprint density at radius 2 is 2.40 bits per heavy atom. The van der Waals surface area contributed by atoms with E-state index in [0.29, 0.717) is 41.3 Å². The number of halogens is 1. The third-order valence-electron chi connectivity index (χ3n) is 3.15. The molecule has 0 amide bonds. The molecule has 104 valence electrons. The van der Waals surface area contributed by atoms with E-state index in [9.17, 15) is 9.18 Å². The predicted octanol–water partition coefficient (Wildman–Crippen LogP) is 2.33. The zero-order valence-electron chi connectivity index (χ0n) is 10.9. The monoisotopic (exact) mass is 276 g/mol. The number of esters is 1. The van der Waals surface area contributed by atoms with Crippen molar-refractivity contribution in [2.75, 3.05) is 13.2 Å². The number of aromatic amines is 1. The number of nitrogens with zero attached hydrogens (tertiary/aromatic N) is 1. The number of rotatable bonds is 2. The quantitative estimate of drug-likeness (QED) is 0.855. The van der Waals surface area contributed by atoms with Crippen LogP contribution in [-0.2, 0) is 11.2 Å². The minimum atomic E-state index is -0.457. The summed E-state index contributed by atoms with van der Waals surface area (Å²) in [6.45, 7) is 2.42. The maximum Gasteiger partial charge on any atom is 0.356 e. The lowest BCUT2D eigenvalue weighted by Crippen LogP contribution is -2.09. The van der Waals surface area contributed by atoms with Gasteiger partial charge >= 0.3 is 5.97 Å². The molecule has 1 aliphatic rings. The number of fused-ring (bicyclic) bond motifs is 3. The van der Waals surface area contributed by atoms with E-state index in [2.05, 4.69) is 10.2 Å². The normalized spacial score (nSPS) is 12.9. The summed E-state index contributed by atoms with van der Waals surface area (Å²) in [4.78, 5) is 11.9. The Bertz CT molecular complexity index is 666. The summed E-state index contributed by atoms with van der Waals surface area (Å²) in [7, 11) is 0. The van der Waals surface area contributed by atoms with Gasteiger partial charge in [-0.15, -0.1) is 0 Å². The number of hydrogen-bond acceptors (Lipinski definition) is 4. The van der Waals surface area contributed by atoms with Crippen molar-refractivity contribution in [1.82, 2.24) is 10.2 Å². The predicted molar refractivity (Wildman–Crippen MR) is 69.1 cm³/mol. The second kappa shape index (κ2) is 4.96. The van der Waals surface area contributed by atoms with Crippen molar-refractivity contribution in [3.63, 3.8) is 0 Å². The fraction of sp³-hybridized carbons (Fsp3) is 0.286. The van der Waals surface area contributed by atoms with Gasteiger partial charge in [-0.1, -0.05) is 0 Å². The number of carbonyl (C=O) groups excluding carboxylic acids is 1. The summed E-state index contributed by atoms with van der Waals surface area (Å²) < 4.78 is 24.0. The molecule has 1 N–H and O–H groups in total. The van der Waals surface area contributed by atoms with Crippen LogP contribution >= 0.6 is 0 Å². The second-order valence-corrected chi connectivity index (χ2v) is 4.39. The topological polar surface area (TPSA) is 64.2 Å². The van der Waals surface area contributed by atoms with Crippen molar-refractivity contribution < 1.29 is 18.7 Å². The zero-order valence-corrected chi connectivity index (χ0v) is 10.9. The highest BCUT2D eigenvalue weighted by atomic mass is 19.1. The summed E-state index contributed by atoms with van der Waals surface area (Å²) in [5.74, 6) is -0.269. The molecule has 5 nitrogen and oxygen atoms in total. The van der Waals surface area contributed by atoms with Crippen LogP contribution in [0, 0.1) is 5.82 Å². The van der Waals surface area contributed by atoms with Gasteiger partial charge in [-0.3, -0.25) is 5.10 Å². The minimum Gasteiger partial charge on any atom is -0.493 e. The summed E-state index contributed by atoms with van der Waals surface area (Å²) in [6.07, 6.45) is 0.510. The van der Waals surface area contributed by atoms with Crippen molar-refractivity contribution in [3.8, 4) is 17.0 Å². The first-order valence-electron chi connectivity index (χ1n) is 6.37. The molecule has 0 aliphatic carbocycles. The Hall–Kier alpha value is -2.37. The highest BCUT2D eigenvalue weighted by molar-refractivity contribution is 5.91. The molecular weight excluding hydrogens is 263 g/mol. The smallest absolute Gasteiger partial charge is 0.356 e. The fourth-order valence-corrected chi connectivity index (χ4v) is 2.28. The number of hydrogen-bond donors (Lipinski definition) is 1. The number of H-pyrrole nitrogens is 1. The molecule has 2 heterocycles. The Balaban J connectivity index is 2.12. The Labute approximate surface area is 114 Å². The first-order chi connectivity index (χ1) is 9.70. The summed E-state index contributed by atoms with van der Waals surface area (Å²) in [6, 6.07) is 4.26. The van der Waals surface area contributed by atoms with Gasteiger partial charge in [0.2, 0.25) is 0 Å². The molecule has 6 heteroatoms. The zero-order chi connectivity index (χ0) is 14.1. The van der Waals surface area contributed by atoms with Crippen molar-refractivity contribution in [1.29, 1.82) is 0 Å². The number of benzene rings is 1. The van der Waals surface area contributed by atoms with Crippen LogP contribution in [0.2, 0.25) is 0 Å². The Morgan fingerprint density at radius 1 is 1.55 bits per heavy atom. The number of ether oxygens (including phenoxy) is 2. The molecule has 1 aliphatic heterocycles. The number of aromatic nitrogens is 2. The first kappa shape index (κ1) is 12.7. The van der Waals surface area contributed by atoms with Gasteiger partial charge < -0.3 is 9.47 Å². The third-order valence-corrected chi connectivity index (χ3v) is 3.15. The molecular formula is C14H13FN2O3. The highest BCUT2D eigenvalue weighted by Crippen LogP contribution is 2.35. The molecule has 0 unspecified atom stereocenters. The molecule has 3 rings (SSSR count). The van der Waals surface area contributed by atoms with Crippen LogP contribution in [0.4, 0.5) is 4.39 Å². The van der Waals surface area contributed by atoms with Gasteiger partial charge in [0, 0.05) is 17.5 Å². The Morgan fingerprint density at radius 3 is 3.20 bits per heavy atom. The molecule has 0 fully saturated rings. The molecule has 0 saturated carbocycles. The summed E-state index contributed by atoms with van der Waals surface area (Å²) >= 11 is 0. The van der Waals surface area contributed by atoms with Crippen molar-refractivity contribution in [2.45, 2.75) is 13.3 Å². The van der Waals surface area contributed by atoms with E-state index < -0.39 is 5.97 Å². The van der Waals surface area contributed by atoms with Crippen LogP contribution in [0.5, 0.6) is 5.75 Å². The maximum atomic E-state index is 13.4. The SMILES string of the molecule is CCOC(=O)c1[nH]nc2c1CCOc1ccc(F)cc1-2. The summed E-state index contributed by atoms with van der Waals surface area (Å²) in [5, 5.41) is 6.82. The van der Waals surface area contributed by atoms with Crippen LogP contribution in [0.25, 0.3) is 11.3 Å². The van der Waals surface area contributed by atoms with Crippen molar-refractivity contribution in [3.05, 3.63) is 35.3 Å². The average Bonchev–Trinajstić information content (AvgIpc) is 2.77. The van der Waals surface area contributed by atoms with E-state index in [1.165, 1.54) is 12.1 Å². The fourth-order valence-electron chi connectivity index (χ4n) is 2.28. The lowest BCUT2D eigenvalue weighted by molar-refractivity contribution is 0.0518. The lowest BCUT2D eigenvalue weighted by Gasteiger charge is -2.05. The van der Waals surface area contributed by atoms with Crippen LogP contribution < -0.4 is 4.74 Å². The lowest BCUT2D eigenvalue weighted by atomic mass is 10.0. The van der Waals surface area contributed by atoms with Crippen molar-refractivity contribution >= 4 is 5.97 Å². The molecule has 2 aromatic rings. The average molecular weight is 276 g/mol. The van der Waals surface area contributed by atoms with Crippen LogP contribution in [0.1, 0.15) is 23.0 Å². The molecule has 1 aromatic carbocycles. The molecule has 0 radical (unpaired) electrons. The number of nitrogens with one attached hydrogen (secondary N) is 1. The standard InChI is InChI=1S/C14H13FN2O3/c1-2-19-14(18)13-9-5-6-20-11-4-3-8(15)7-10(11)12(9)16-17-13/h3-4,7H,2,5-6H2,1H3,(H,16,17). The molecule has 20 heavy (non-hydrogen) atoms. The van der Waals surface area contributed by atoms with Gasteiger partial charge in [0.15, 0.2) is 0 Å². The maximum absolute atomic E-state index is 13.4. The van der Waals surface area contributed by atoms with E-state index in [1.54, 1.807) is 13.0 Å². The molecule has 0 saturated heterocycles. The van der Waals surface area contributed by atoms with Crippen LogP contribution in [-0.4, -0.2) is 29.4 Å². The van der Waals surface area contributed by atoms with E-state index in [4.69, 9.17) is 9.47 Å². The van der Waals surface area contributed by atoms with Gasteiger partial charge in [0.05, 0.1) is 13.2 Å². The van der Waals surface area contributed by atoms with Crippen LogP contribution in [0.15, 0.2) is 18.2 Å². The van der Waals surface area contributed by atoms with Gasteiger partial charge in [-0.25, -0.2) is 9.18 Å². The van der Waals surface area contributed by atoms with E-state index in [0.717, 1.165) is 0 Å². The van der Waals surface area contributed by atoms with Gasteiger partial charge in [-0.05, 0) is 25.1 Å². The van der Waals surface area contributed by atoms with Gasteiger partial charge in [0.25, 0.3) is 0 Å². The van der Waals surface area contributed by atoms with Crippen LogP contribution in [0.3, 0.4) is 0 Å². The van der Waals surface area contributed by atoms with Gasteiger partial charge in [-0.2, -0.15) is 5.10 Å². The van der Waals surface area contributed by atoms with Gasteiger partial charge in [0.1, 0.15) is 23.0 Å². The van der Waals surface area contributed by atoms with E-state index in [-0.39, 0.29) is 12.4 Å². The van der Waals surface area contributed by atoms with E-state index in [1.807, 2.05) is 0 Å². The number of carbonyl (C=O) groups is 1. The minimum absolute atomic E-state index is 0.286. The molecule has 0 spiro atoms. The molecule has 0 atom stereocenters. The third kappa shape index (κ3) is 2.03. The largest absolute Gasteiger partial charge is 0.493 e. The molecule has 0 bridgehead atoms. The second-order valence-electron chi connectivity index (χ2n) is 4.39. The highest BCUT2D eigenvalue weighted by Gasteiger charge is 2.25. The first-order valence-corrected chi connectivity index (χ1v) is 6.37. The summed E-state index contributed by atoms with van der Waals surface area (Å²) in [5.41, 5.74) is 2.10. The van der Waals surface area contributed by atoms with E-state index >= 15 is 0 Å².